The van der Waals surface area contributed by atoms with E-state index in [9.17, 15) is 4.39 Å². The quantitative estimate of drug-likeness (QED) is 0.583. The molecule has 1 aromatic heterocycles. The Kier molecular flexibility index (Phi) is 2.59. The zero-order valence-electron chi connectivity index (χ0n) is 7.77. The topological polar surface area (TPSA) is 77.0 Å². The fourth-order valence-electron chi connectivity index (χ4n) is 1.16. The number of hydrogen-bond acceptors (Lipinski definition) is 5. The first kappa shape index (κ1) is 9.60. The number of hydrogen-bond donors (Lipinski definition) is 2. The Morgan fingerprint density at radius 1 is 1.27 bits per heavy atom. The molecule has 0 spiro atoms. The highest BCUT2D eigenvalue weighted by Gasteiger charge is 2.05. The van der Waals surface area contributed by atoms with Gasteiger partial charge in [0.05, 0.1) is 6.42 Å². The van der Waals surface area contributed by atoms with Crippen LogP contribution in [0.4, 0.5) is 10.4 Å². The number of rotatable bonds is 3. The van der Waals surface area contributed by atoms with Gasteiger partial charge in [-0.25, -0.2) is 10.2 Å². The molecule has 0 aliphatic carbocycles. The highest BCUT2D eigenvalue weighted by molar-refractivity contribution is 5.20. The summed E-state index contributed by atoms with van der Waals surface area (Å²) in [5.74, 6) is 5.24. The summed E-state index contributed by atoms with van der Waals surface area (Å²) in [4.78, 5) is 0. The van der Waals surface area contributed by atoms with Gasteiger partial charge in [0.25, 0.3) is 0 Å². The van der Waals surface area contributed by atoms with Gasteiger partial charge in [0.2, 0.25) is 5.89 Å². The first-order chi connectivity index (χ1) is 7.28. The maximum Gasteiger partial charge on any atom is 0.330 e. The molecule has 15 heavy (non-hydrogen) atoms. The normalized spacial score (nSPS) is 10.3. The van der Waals surface area contributed by atoms with Gasteiger partial charge < -0.3 is 4.42 Å². The number of hydrazine groups is 1. The molecule has 0 saturated carbocycles. The molecular formula is C9H9FN4O. The van der Waals surface area contributed by atoms with Crippen LogP contribution in [0.2, 0.25) is 0 Å². The average molecular weight is 208 g/mol. The van der Waals surface area contributed by atoms with Crippen LogP contribution in [0.1, 0.15) is 11.5 Å². The van der Waals surface area contributed by atoms with Crippen molar-refractivity contribution in [3.05, 3.63) is 41.5 Å². The molecule has 0 aliphatic heterocycles. The maximum absolute atomic E-state index is 12.6. The molecular weight excluding hydrogens is 199 g/mol. The average Bonchev–Trinajstić information content (AvgIpc) is 2.69. The molecule has 2 rings (SSSR count). The highest BCUT2D eigenvalue weighted by Crippen LogP contribution is 2.10. The van der Waals surface area contributed by atoms with E-state index >= 15 is 0 Å². The summed E-state index contributed by atoms with van der Waals surface area (Å²) in [6.45, 7) is 0. The lowest BCUT2D eigenvalue weighted by Crippen LogP contribution is -2.06. The highest BCUT2D eigenvalue weighted by atomic mass is 19.1. The van der Waals surface area contributed by atoms with Crippen LogP contribution in [0.25, 0.3) is 0 Å². The Balaban J connectivity index is 2.11. The van der Waals surface area contributed by atoms with E-state index in [1.807, 2.05) is 0 Å². The van der Waals surface area contributed by atoms with E-state index in [-0.39, 0.29) is 11.8 Å². The van der Waals surface area contributed by atoms with Gasteiger partial charge >= 0.3 is 6.01 Å². The fraction of sp³-hybridized carbons (Fsp3) is 0.111. The number of nitrogens with two attached hydrogens (primary N) is 1. The minimum Gasteiger partial charge on any atom is -0.407 e. The number of nitrogen functional groups attached to an aromatic ring is 1. The van der Waals surface area contributed by atoms with Crippen molar-refractivity contribution in [3.63, 3.8) is 0 Å². The molecule has 3 N–H and O–H groups in total. The molecule has 0 aliphatic rings. The SMILES string of the molecule is NNc1nnc(Cc2ccc(F)cc2)o1. The molecule has 0 radical (unpaired) electrons. The summed E-state index contributed by atoms with van der Waals surface area (Å²) in [7, 11) is 0. The van der Waals surface area contributed by atoms with E-state index in [2.05, 4.69) is 15.6 Å². The lowest BCUT2D eigenvalue weighted by atomic mass is 10.1. The third-order valence-electron chi connectivity index (χ3n) is 1.86. The van der Waals surface area contributed by atoms with Crippen LogP contribution in [0.15, 0.2) is 28.7 Å². The van der Waals surface area contributed by atoms with Gasteiger partial charge in [-0.15, -0.1) is 5.10 Å². The predicted octanol–water partition coefficient (Wildman–Crippen LogP) is 1.09. The number of nitrogens with zero attached hydrogens (tertiary/aromatic N) is 2. The smallest absolute Gasteiger partial charge is 0.330 e. The zero-order valence-corrected chi connectivity index (χ0v) is 7.77. The van der Waals surface area contributed by atoms with E-state index in [1.165, 1.54) is 12.1 Å². The number of aromatic nitrogens is 2. The number of nitrogens with one attached hydrogen (secondary N) is 1. The van der Waals surface area contributed by atoms with Crippen LogP contribution in [0.5, 0.6) is 0 Å². The number of benzene rings is 1. The lowest BCUT2D eigenvalue weighted by molar-refractivity contribution is 0.517. The number of anilines is 1. The Bertz CT molecular complexity index is 440. The van der Waals surface area contributed by atoms with E-state index in [4.69, 9.17) is 10.3 Å². The van der Waals surface area contributed by atoms with Crippen LogP contribution in [-0.2, 0) is 6.42 Å². The fourth-order valence-corrected chi connectivity index (χ4v) is 1.16. The van der Waals surface area contributed by atoms with Crippen LogP contribution in [0, 0.1) is 5.82 Å². The van der Waals surface area contributed by atoms with Crippen molar-refractivity contribution in [2.45, 2.75) is 6.42 Å². The summed E-state index contributed by atoms with van der Waals surface area (Å²) in [6, 6.07) is 6.25. The Morgan fingerprint density at radius 3 is 2.60 bits per heavy atom. The summed E-state index contributed by atoms with van der Waals surface area (Å²) in [5, 5.41) is 7.37. The predicted molar refractivity (Wildman–Crippen MR) is 51.3 cm³/mol. The number of halogens is 1. The molecule has 0 amide bonds. The Labute approximate surface area is 85.1 Å². The molecule has 78 valence electrons. The Morgan fingerprint density at radius 2 is 2.00 bits per heavy atom. The van der Waals surface area contributed by atoms with Gasteiger partial charge in [-0.1, -0.05) is 17.2 Å². The van der Waals surface area contributed by atoms with Gasteiger partial charge in [0.1, 0.15) is 5.82 Å². The van der Waals surface area contributed by atoms with Gasteiger partial charge in [-0.3, -0.25) is 5.43 Å². The molecule has 5 nitrogen and oxygen atoms in total. The molecule has 0 atom stereocenters. The van der Waals surface area contributed by atoms with Gasteiger partial charge in [-0.05, 0) is 17.7 Å². The summed E-state index contributed by atoms with van der Waals surface area (Å²) < 4.78 is 17.7. The molecule has 6 heteroatoms. The first-order valence-corrected chi connectivity index (χ1v) is 4.31. The van der Waals surface area contributed by atoms with Crippen molar-refractivity contribution in [2.24, 2.45) is 5.84 Å². The van der Waals surface area contributed by atoms with Crippen LogP contribution < -0.4 is 11.3 Å². The standard InChI is InChI=1S/C9H9FN4O/c10-7-3-1-6(2-4-7)5-8-13-14-9(12-11)15-8/h1-4H,5,11H2,(H,12,14). The van der Waals surface area contributed by atoms with Crippen molar-refractivity contribution in [1.82, 2.24) is 10.2 Å². The second kappa shape index (κ2) is 4.05. The largest absolute Gasteiger partial charge is 0.407 e. The molecule has 1 heterocycles. The molecule has 0 bridgehead atoms. The van der Waals surface area contributed by atoms with Crippen molar-refractivity contribution >= 4 is 6.01 Å². The van der Waals surface area contributed by atoms with Gasteiger partial charge in [-0.2, -0.15) is 0 Å². The van der Waals surface area contributed by atoms with Crippen molar-refractivity contribution in [2.75, 3.05) is 5.43 Å². The minimum absolute atomic E-state index is 0.159. The summed E-state index contributed by atoms with van der Waals surface area (Å²) >= 11 is 0. The third-order valence-corrected chi connectivity index (χ3v) is 1.86. The van der Waals surface area contributed by atoms with Crippen LogP contribution in [0.3, 0.4) is 0 Å². The maximum atomic E-state index is 12.6. The van der Waals surface area contributed by atoms with E-state index < -0.39 is 0 Å². The summed E-state index contributed by atoms with van der Waals surface area (Å²) in [5.41, 5.74) is 3.13. The molecule has 0 saturated heterocycles. The molecule has 1 aromatic carbocycles. The van der Waals surface area contributed by atoms with Crippen molar-refractivity contribution < 1.29 is 8.81 Å². The second-order valence-electron chi connectivity index (χ2n) is 2.95. The van der Waals surface area contributed by atoms with Crippen molar-refractivity contribution in [3.8, 4) is 0 Å². The van der Waals surface area contributed by atoms with E-state index in [1.54, 1.807) is 12.1 Å². The molecule has 0 fully saturated rings. The third kappa shape index (κ3) is 2.29. The van der Waals surface area contributed by atoms with Crippen molar-refractivity contribution in [1.29, 1.82) is 0 Å². The minimum atomic E-state index is -0.270. The monoisotopic (exact) mass is 208 g/mol. The second-order valence-corrected chi connectivity index (χ2v) is 2.95. The molecule has 2 aromatic rings. The van der Waals surface area contributed by atoms with Crippen LogP contribution in [-0.4, -0.2) is 10.2 Å². The molecule has 0 unspecified atom stereocenters. The van der Waals surface area contributed by atoms with Gasteiger partial charge in [0, 0.05) is 0 Å². The lowest BCUT2D eigenvalue weighted by Gasteiger charge is -1.95. The van der Waals surface area contributed by atoms with Crippen LogP contribution >= 0.6 is 0 Å². The first-order valence-electron chi connectivity index (χ1n) is 4.31. The van der Waals surface area contributed by atoms with Gasteiger partial charge in [0.15, 0.2) is 0 Å². The zero-order chi connectivity index (χ0) is 10.7. The van der Waals surface area contributed by atoms with E-state index in [0.29, 0.717) is 12.3 Å². The van der Waals surface area contributed by atoms with E-state index in [0.717, 1.165) is 5.56 Å². The Hall–Kier alpha value is -1.95. The summed E-state index contributed by atoms with van der Waals surface area (Å²) in [6.07, 6.45) is 0.453.